The predicted octanol–water partition coefficient (Wildman–Crippen LogP) is 4.61. The van der Waals surface area contributed by atoms with Crippen LogP contribution in [0.1, 0.15) is 64.6 Å². The topological polar surface area (TPSA) is 48.5 Å². The number of benzene rings is 1. The first kappa shape index (κ1) is 20.4. The number of para-hydroxylation sites is 1. The van der Waals surface area contributed by atoms with Crippen LogP contribution < -0.4 is 0 Å². The number of aliphatic hydroxyl groups is 1. The van der Waals surface area contributed by atoms with E-state index in [-0.39, 0.29) is 18.3 Å². The van der Waals surface area contributed by atoms with E-state index < -0.39 is 0 Å². The SMILES string of the molecule is CCCCN(CC1Cc2c([nH]c3ccccc23)C(C)(CCCO)O1)C(C)C. The number of unbranched alkanes of at least 4 members (excludes halogenated alkanes) is 1. The number of nitrogens with zero attached hydrogens (tertiary/aromatic N) is 1. The Morgan fingerprint density at radius 2 is 2.07 bits per heavy atom. The van der Waals surface area contributed by atoms with Crippen molar-refractivity contribution in [2.45, 2.75) is 77.5 Å². The zero-order chi connectivity index (χ0) is 19.4. The van der Waals surface area contributed by atoms with Gasteiger partial charge in [-0.05, 0) is 58.2 Å². The third-order valence-corrected chi connectivity index (χ3v) is 5.98. The molecule has 0 amide bonds. The summed E-state index contributed by atoms with van der Waals surface area (Å²) in [5.41, 5.74) is 3.43. The van der Waals surface area contributed by atoms with Gasteiger partial charge in [-0.25, -0.2) is 0 Å². The molecule has 2 unspecified atom stereocenters. The molecule has 0 bridgehead atoms. The van der Waals surface area contributed by atoms with Crippen LogP contribution in [-0.4, -0.2) is 46.8 Å². The maximum absolute atomic E-state index is 9.41. The minimum Gasteiger partial charge on any atom is -0.396 e. The fourth-order valence-corrected chi connectivity index (χ4v) is 4.44. The highest BCUT2D eigenvalue weighted by atomic mass is 16.5. The Kier molecular flexibility index (Phi) is 6.61. The van der Waals surface area contributed by atoms with Gasteiger partial charge in [-0.3, -0.25) is 4.90 Å². The molecule has 0 saturated heterocycles. The molecule has 0 radical (unpaired) electrons. The van der Waals surface area contributed by atoms with E-state index in [9.17, 15) is 5.11 Å². The molecule has 2 aromatic rings. The molecule has 1 aliphatic heterocycles. The molecule has 2 atom stereocenters. The van der Waals surface area contributed by atoms with E-state index in [1.165, 1.54) is 35.0 Å². The fourth-order valence-electron chi connectivity index (χ4n) is 4.44. The molecule has 2 N–H and O–H groups in total. The van der Waals surface area contributed by atoms with Gasteiger partial charge in [0, 0.05) is 36.5 Å². The zero-order valence-electron chi connectivity index (χ0n) is 17.4. The standard InChI is InChI=1S/C23H36N2O2/c1-5-6-13-25(17(2)3)16-18-15-20-19-10-7-8-11-21(19)24-22(20)23(4,27-18)12-9-14-26/h7-8,10-11,17-18,24,26H,5-6,9,12-16H2,1-4H3. The van der Waals surface area contributed by atoms with Crippen molar-refractivity contribution in [1.82, 2.24) is 9.88 Å². The van der Waals surface area contributed by atoms with Gasteiger partial charge in [-0.15, -0.1) is 0 Å². The number of H-pyrrole nitrogens is 1. The van der Waals surface area contributed by atoms with Crippen molar-refractivity contribution in [3.05, 3.63) is 35.5 Å². The minimum atomic E-state index is -0.368. The molecule has 1 aromatic carbocycles. The lowest BCUT2D eigenvalue weighted by atomic mass is 9.86. The van der Waals surface area contributed by atoms with E-state index in [4.69, 9.17) is 4.74 Å². The van der Waals surface area contributed by atoms with Crippen molar-refractivity contribution in [2.75, 3.05) is 19.7 Å². The Morgan fingerprint density at radius 1 is 1.30 bits per heavy atom. The highest BCUT2D eigenvalue weighted by molar-refractivity contribution is 5.85. The molecule has 1 aromatic heterocycles. The number of hydrogen-bond acceptors (Lipinski definition) is 3. The Hall–Kier alpha value is -1.36. The van der Waals surface area contributed by atoms with Gasteiger partial charge in [-0.1, -0.05) is 31.5 Å². The van der Waals surface area contributed by atoms with Gasteiger partial charge in [-0.2, -0.15) is 0 Å². The second-order valence-corrected chi connectivity index (χ2v) is 8.47. The second-order valence-electron chi connectivity index (χ2n) is 8.47. The smallest absolute Gasteiger partial charge is 0.106 e. The van der Waals surface area contributed by atoms with Gasteiger partial charge in [0.2, 0.25) is 0 Å². The van der Waals surface area contributed by atoms with Crippen molar-refractivity contribution < 1.29 is 9.84 Å². The van der Waals surface area contributed by atoms with Crippen LogP contribution in [0.15, 0.2) is 24.3 Å². The largest absolute Gasteiger partial charge is 0.396 e. The summed E-state index contributed by atoms with van der Waals surface area (Å²) < 4.78 is 6.71. The third kappa shape index (κ3) is 4.39. The van der Waals surface area contributed by atoms with Crippen LogP contribution in [0.2, 0.25) is 0 Å². The number of nitrogens with one attached hydrogen (secondary N) is 1. The van der Waals surface area contributed by atoms with Gasteiger partial charge in [0.25, 0.3) is 0 Å². The van der Waals surface area contributed by atoms with Gasteiger partial charge in [0.15, 0.2) is 0 Å². The lowest BCUT2D eigenvalue weighted by Gasteiger charge is -2.41. The average molecular weight is 373 g/mol. The van der Waals surface area contributed by atoms with Gasteiger partial charge in [0.05, 0.1) is 11.8 Å². The zero-order valence-corrected chi connectivity index (χ0v) is 17.4. The number of hydrogen-bond donors (Lipinski definition) is 2. The molecule has 0 saturated carbocycles. The van der Waals surface area contributed by atoms with Crippen molar-refractivity contribution in [3.8, 4) is 0 Å². The fraction of sp³-hybridized carbons (Fsp3) is 0.652. The number of rotatable bonds is 9. The Morgan fingerprint density at radius 3 is 2.78 bits per heavy atom. The molecular formula is C23H36N2O2. The van der Waals surface area contributed by atoms with Crippen LogP contribution in [0.25, 0.3) is 10.9 Å². The molecule has 27 heavy (non-hydrogen) atoms. The number of aromatic nitrogens is 1. The maximum Gasteiger partial charge on any atom is 0.106 e. The maximum atomic E-state index is 9.41. The Balaban J connectivity index is 1.90. The monoisotopic (exact) mass is 372 g/mol. The molecule has 3 rings (SSSR count). The van der Waals surface area contributed by atoms with Crippen molar-refractivity contribution in [3.63, 3.8) is 0 Å². The summed E-state index contributed by atoms with van der Waals surface area (Å²) in [5.74, 6) is 0. The molecule has 1 aliphatic rings. The third-order valence-electron chi connectivity index (χ3n) is 5.98. The summed E-state index contributed by atoms with van der Waals surface area (Å²) in [6.45, 7) is 11.3. The first-order chi connectivity index (χ1) is 13.0. The summed E-state index contributed by atoms with van der Waals surface area (Å²) in [5, 5.41) is 10.7. The van der Waals surface area contributed by atoms with E-state index >= 15 is 0 Å². The number of fused-ring (bicyclic) bond motifs is 3. The van der Waals surface area contributed by atoms with Gasteiger partial charge < -0.3 is 14.8 Å². The molecule has 2 heterocycles. The number of aliphatic hydroxyl groups excluding tert-OH is 1. The van der Waals surface area contributed by atoms with E-state index in [0.717, 1.165) is 32.4 Å². The second kappa shape index (κ2) is 8.76. The Labute approximate surface area is 163 Å². The highest BCUT2D eigenvalue weighted by Gasteiger charge is 2.40. The summed E-state index contributed by atoms with van der Waals surface area (Å²) in [6, 6.07) is 9.09. The van der Waals surface area contributed by atoms with E-state index in [1.54, 1.807) is 0 Å². The molecule has 0 spiro atoms. The number of ether oxygens (including phenoxy) is 1. The predicted molar refractivity (Wildman–Crippen MR) is 112 cm³/mol. The molecule has 4 heteroatoms. The highest BCUT2D eigenvalue weighted by Crippen LogP contribution is 2.41. The van der Waals surface area contributed by atoms with Crippen LogP contribution in [0.4, 0.5) is 0 Å². The number of aromatic amines is 1. The normalized spacial score (nSPS) is 22.7. The van der Waals surface area contributed by atoms with Crippen molar-refractivity contribution in [1.29, 1.82) is 0 Å². The molecule has 0 aliphatic carbocycles. The van der Waals surface area contributed by atoms with E-state index in [1.807, 2.05) is 0 Å². The van der Waals surface area contributed by atoms with Crippen LogP contribution in [0.5, 0.6) is 0 Å². The first-order valence-corrected chi connectivity index (χ1v) is 10.6. The van der Waals surface area contributed by atoms with Crippen LogP contribution in [0, 0.1) is 0 Å². The first-order valence-electron chi connectivity index (χ1n) is 10.6. The van der Waals surface area contributed by atoms with E-state index in [0.29, 0.717) is 6.04 Å². The molecule has 0 fully saturated rings. The average Bonchev–Trinajstić information content (AvgIpc) is 3.03. The summed E-state index contributed by atoms with van der Waals surface area (Å²) >= 11 is 0. The summed E-state index contributed by atoms with van der Waals surface area (Å²) in [6.07, 6.45) is 5.15. The van der Waals surface area contributed by atoms with Crippen molar-refractivity contribution in [2.24, 2.45) is 0 Å². The van der Waals surface area contributed by atoms with Crippen LogP contribution in [-0.2, 0) is 16.8 Å². The van der Waals surface area contributed by atoms with Crippen molar-refractivity contribution >= 4 is 10.9 Å². The van der Waals surface area contributed by atoms with E-state index in [2.05, 4.69) is 61.8 Å². The van der Waals surface area contributed by atoms with Gasteiger partial charge >= 0.3 is 0 Å². The van der Waals surface area contributed by atoms with Crippen LogP contribution >= 0.6 is 0 Å². The lowest BCUT2D eigenvalue weighted by Crippen LogP contribution is -2.46. The van der Waals surface area contributed by atoms with Gasteiger partial charge in [0.1, 0.15) is 5.60 Å². The summed E-state index contributed by atoms with van der Waals surface area (Å²) in [4.78, 5) is 6.18. The Bertz CT molecular complexity index is 739. The lowest BCUT2D eigenvalue weighted by molar-refractivity contribution is -0.118. The molecule has 4 nitrogen and oxygen atoms in total. The van der Waals surface area contributed by atoms with Crippen LogP contribution in [0.3, 0.4) is 0 Å². The summed E-state index contributed by atoms with van der Waals surface area (Å²) in [7, 11) is 0. The molecular weight excluding hydrogens is 336 g/mol. The quantitative estimate of drug-likeness (QED) is 0.676. The molecule has 150 valence electrons. The minimum absolute atomic E-state index is 0.180.